The van der Waals surface area contributed by atoms with Crippen LogP contribution >= 0.6 is 0 Å². The molecule has 1 rings (SSSR count). The second kappa shape index (κ2) is 9.16. The Hall–Kier alpha value is -1.84. The first kappa shape index (κ1) is 17.2. The van der Waals surface area contributed by atoms with Gasteiger partial charge in [-0.25, -0.2) is 4.79 Å². The first-order valence-corrected chi connectivity index (χ1v) is 7.51. The first-order valence-electron chi connectivity index (χ1n) is 7.51. The molecule has 1 aromatic carbocycles. The minimum Gasteiger partial charge on any atom is -0.466 e. The highest BCUT2D eigenvalue weighted by Crippen LogP contribution is 2.19. The maximum atomic E-state index is 11.8. The van der Waals surface area contributed by atoms with Gasteiger partial charge in [0.05, 0.1) is 18.8 Å². The number of carbonyl (C=O) groups excluding carboxylic acids is 2. The van der Waals surface area contributed by atoms with Crippen LogP contribution < -0.4 is 0 Å². The third-order valence-corrected chi connectivity index (χ3v) is 3.40. The smallest absolute Gasteiger partial charge is 0.338 e. The Labute approximate surface area is 126 Å². The van der Waals surface area contributed by atoms with Gasteiger partial charge < -0.3 is 9.47 Å². The Balaban J connectivity index is 2.33. The average Bonchev–Trinajstić information content (AvgIpc) is 2.53. The predicted molar refractivity (Wildman–Crippen MR) is 81.3 cm³/mol. The minimum atomic E-state index is -0.340. The molecule has 0 aliphatic rings. The van der Waals surface area contributed by atoms with Crippen molar-refractivity contribution in [2.75, 3.05) is 13.2 Å². The van der Waals surface area contributed by atoms with Gasteiger partial charge >= 0.3 is 11.9 Å². The molecule has 1 atom stereocenters. The Morgan fingerprint density at radius 1 is 1.05 bits per heavy atom. The summed E-state index contributed by atoms with van der Waals surface area (Å²) >= 11 is 0. The molecule has 116 valence electrons. The lowest BCUT2D eigenvalue weighted by Gasteiger charge is -2.10. The van der Waals surface area contributed by atoms with Crippen LogP contribution in [0.25, 0.3) is 0 Å². The van der Waals surface area contributed by atoms with Gasteiger partial charge in [0, 0.05) is 12.8 Å². The lowest BCUT2D eigenvalue weighted by molar-refractivity contribution is -0.143. The Morgan fingerprint density at radius 2 is 1.67 bits per heavy atom. The summed E-state index contributed by atoms with van der Waals surface area (Å²) in [5, 5.41) is 0. The average molecular weight is 292 g/mol. The Kier molecular flexibility index (Phi) is 7.51. The van der Waals surface area contributed by atoms with Gasteiger partial charge in [0.25, 0.3) is 0 Å². The van der Waals surface area contributed by atoms with E-state index in [1.165, 1.54) is 5.56 Å². The van der Waals surface area contributed by atoms with Crippen molar-refractivity contribution in [2.45, 2.75) is 46.0 Å². The molecule has 0 N–H and O–H groups in total. The zero-order valence-corrected chi connectivity index (χ0v) is 13.1. The van der Waals surface area contributed by atoms with Gasteiger partial charge in [-0.3, -0.25) is 4.79 Å². The van der Waals surface area contributed by atoms with E-state index in [0.717, 1.165) is 6.42 Å². The van der Waals surface area contributed by atoms with Gasteiger partial charge in [0.15, 0.2) is 0 Å². The summed E-state index contributed by atoms with van der Waals surface area (Å²) in [6, 6.07) is 7.52. The molecular formula is C17H24O4. The van der Waals surface area contributed by atoms with Crippen molar-refractivity contribution in [3.63, 3.8) is 0 Å². The summed E-state index contributed by atoms with van der Waals surface area (Å²) in [7, 11) is 0. The van der Waals surface area contributed by atoms with Gasteiger partial charge in [-0.05, 0) is 30.0 Å². The lowest BCUT2D eigenvalue weighted by atomic mass is 9.98. The molecule has 0 spiro atoms. The van der Waals surface area contributed by atoms with E-state index in [1.54, 1.807) is 19.1 Å². The van der Waals surface area contributed by atoms with Crippen molar-refractivity contribution >= 4 is 11.9 Å². The van der Waals surface area contributed by atoms with Gasteiger partial charge in [-0.1, -0.05) is 32.9 Å². The normalized spacial score (nSPS) is 11.8. The highest BCUT2D eigenvalue weighted by molar-refractivity contribution is 5.89. The highest BCUT2D eigenvalue weighted by Gasteiger charge is 2.09. The zero-order chi connectivity index (χ0) is 15.7. The van der Waals surface area contributed by atoms with Crippen LogP contribution in [0.1, 0.15) is 61.9 Å². The van der Waals surface area contributed by atoms with Crippen LogP contribution in [-0.2, 0) is 14.3 Å². The molecule has 0 aliphatic carbocycles. The summed E-state index contributed by atoms with van der Waals surface area (Å²) in [6.07, 6.45) is 1.95. The fourth-order valence-corrected chi connectivity index (χ4v) is 1.78. The molecule has 0 saturated heterocycles. The van der Waals surface area contributed by atoms with Crippen LogP contribution in [0, 0.1) is 0 Å². The zero-order valence-electron chi connectivity index (χ0n) is 13.1. The first-order chi connectivity index (χ1) is 10.1. The molecule has 0 amide bonds. The maximum absolute atomic E-state index is 11.8. The van der Waals surface area contributed by atoms with Gasteiger partial charge in [0.2, 0.25) is 0 Å². The van der Waals surface area contributed by atoms with Crippen LogP contribution in [0.15, 0.2) is 24.3 Å². The number of benzene rings is 1. The van der Waals surface area contributed by atoms with E-state index in [4.69, 9.17) is 9.47 Å². The number of rotatable bonds is 8. The van der Waals surface area contributed by atoms with Crippen LogP contribution in [-0.4, -0.2) is 25.2 Å². The number of hydrogen-bond acceptors (Lipinski definition) is 4. The van der Waals surface area contributed by atoms with E-state index in [0.29, 0.717) is 24.3 Å². The van der Waals surface area contributed by atoms with Crippen molar-refractivity contribution in [3.05, 3.63) is 35.4 Å². The van der Waals surface area contributed by atoms with Gasteiger partial charge in [0.1, 0.15) is 0 Å². The van der Waals surface area contributed by atoms with Crippen molar-refractivity contribution in [3.8, 4) is 0 Å². The summed E-state index contributed by atoms with van der Waals surface area (Å²) in [5.74, 6) is -0.0854. The predicted octanol–water partition coefficient (Wildman–Crippen LogP) is 3.70. The number of esters is 2. The van der Waals surface area contributed by atoms with E-state index >= 15 is 0 Å². The second-order valence-electron chi connectivity index (χ2n) is 4.99. The van der Waals surface area contributed by atoms with Crippen LogP contribution in [0.5, 0.6) is 0 Å². The number of carbonyl (C=O) groups is 2. The quantitative estimate of drug-likeness (QED) is 0.541. The number of hydrogen-bond donors (Lipinski definition) is 0. The molecule has 0 heterocycles. The largest absolute Gasteiger partial charge is 0.466 e. The van der Waals surface area contributed by atoms with E-state index < -0.39 is 0 Å². The fraction of sp³-hybridized carbons (Fsp3) is 0.529. The number of ether oxygens (including phenoxy) is 2. The summed E-state index contributed by atoms with van der Waals surface area (Å²) in [4.78, 5) is 22.7. The van der Waals surface area contributed by atoms with Crippen molar-refractivity contribution < 1.29 is 19.1 Å². The molecule has 21 heavy (non-hydrogen) atoms. The van der Waals surface area contributed by atoms with Gasteiger partial charge in [-0.2, -0.15) is 0 Å². The molecule has 1 unspecified atom stereocenters. The molecule has 0 bridgehead atoms. The summed E-state index contributed by atoms with van der Waals surface area (Å²) < 4.78 is 10.0. The van der Waals surface area contributed by atoms with E-state index in [1.807, 2.05) is 12.1 Å². The monoisotopic (exact) mass is 292 g/mol. The minimum absolute atomic E-state index is 0.234. The van der Waals surface area contributed by atoms with Crippen molar-refractivity contribution in [1.29, 1.82) is 0 Å². The molecule has 0 saturated carbocycles. The third kappa shape index (κ3) is 5.98. The topological polar surface area (TPSA) is 52.6 Å². The van der Waals surface area contributed by atoms with Crippen LogP contribution in [0.4, 0.5) is 0 Å². The van der Waals surface area contributed by atoms with Gasteiger partial charge in [-0.15, -0.1) is 0 Å². The SMILES string of the molecule is CCC(=O)OCCCOC(=O)c1ccc(C(C)CC)cc1. The van der Waals surface area contributed by atoms with E-state index in [9.17, 15) is 9.59 Å². The van der Waals surface area contributed by atoms with Crippen molar-refractivity contribution in [2.24, 2.45) is 0 Å². The molecule has 0 fully saturated rings. The van der Waals surface area contributed by atoms with Crippen molar-refractivity contribution in [1.82, 2.24) is 0 Å². The molecule has 4 heteroatoms. The second-order valence-corrected chi connectivity index (χ2v) is 4.99. The molecule has 0 aromatic heterocycles. The highest BCUT2D eigenvalue weighted by atomic mass is 16.5. The Morgan fingerprint density at radius 3 is 2.24 bits per heavy atom. The summed E-state index contributed by atoms with van der Waals surface area (Å²) in [5.41, 5.74) is 1.77. The third-order valence-electron chi connectivity index (χ3n) is 3.40. The molecule has 0 radical (unpaired) electrons. The van der Waals surface area contributed by atoms with Crippen LogP contribution in [0.3, 0.4) is 0 Å². The summed E-state index contributed by atoms with van der Waals surface area (Å²) in [6.45, 7) is 6.57. The molecular weight excluding hydrogens is 268 g/mol. The van der Waals surface area contributed by atoms with E-state index in [2.05, 4.69) is 13.8 Å². The molecule has 4 nitrogen and oxygen atoms in total. The fourth-order valence-electron chi connectivity index (χ4n) is 1.78. The standard InChI is InChI=1S/C17H24O4/c1-4-13(3)14-7-9-15(10-8-14)17(19)21-12-6-11-20-16(18)5-2/h7-10,13H,4-6,11-12H2,1-3H3. The molecule has 1 aromatic rings. The van der Waals surface area contributed by atoms with Crippen LogP contribution in [0.2, 0.25) is 0 Å². The van der Waals surface area contributed by atoms with E-state index in [-0.39, 0.29) is 25.2 Å². The maximum Gasteiger partial charge on any atom is 0.338 e. The Bertz CT molecular complexity index is 450. The lowest BCUT2D eigenvalue weighted by Crippen LogP contribution is -2.10. The molecule has 0 aliphatic heterocycles.